The molecular weight excluding hydrogens is 350 g/mol. The van der Waals surface area contributed by atoms with Crippen molar-refractivity contribution in [3.8, 4) is 5.75 Å². The minimum Gasteiger partial charge on any atom is -0.496 e. The van der Waals surface area contributed by atoms with Crippen molar-refractivity contribution in [3.63, 3.8) is 0 Å². The Balaban J connectivity index is 1.54. The van der Waals surface area contributed by atoms with E-state index in [4.69, 9.17) is 16.3 Å². The predicted molar refractivity (Wildman–Crippen MR) is 104 cm³/mol. The van der Waals surface area contributed by atoms with E-state index in [1.807, 2.05) is 6.07 Å². The van der Waals surface area contributed by atoms with Crippen LogP contribution in [0.15, 0.2) is 53.6 Å². The van der Waals surface area contributed by atoms with Crippen LogP contribution in [-0.4, -0.2) is 36.7 Å². The largest absolute Gasteiger partial charge is 0.496 e. The van der Waals surface area contributed by atoms with Gasteiger partial charge in [-0.3, -0.25) is 9.69 Å². The molecule has 0 radical (unpaired) electrons. The molecule has 0 aromatic heterocycles. The summed E-state index contributed by atoms with van der Waals surface area (Å²) in [6.45, 7) is 2.81. The fourth-order valence-corrected chi connectivity index (χ4v) is 3.14. The molecule has 0 spiro atoms. The number of ether oxygens (including phenoxy) is 1. The van der Waals surface area contributed by atoms with E-state index < -0.39 is 0 Å². The molecule has 0 bridgehead atoms. The molecule has 26 heavy (non-hydrogen) atoms. The summed E-state index contributed by atoms with van der Waals surface area (Å²) < 4.78 is 5.21. The molecule has 1 aliphatic heterocycles. The molecule has 2 aromatic carbocycles. The highest BCUT2D eigenvalue weighted by Gasteiger charge is 2.17. The molecule has 1 heterocycles. The molecule has 6 heteroatoms. The summed E-state index contributed by atoms with van der Waals surface area (Å²) in [6.07, 6.45) is 1.69. The number of amides is 1. The third-order valence-electron chi connectivity index (χ3n) is 4.40. The molecule has 0 saturated carbocycles. The first-order chi connectivity index (χ1) is 12.7. The van der Waals surface area contributed by atoms with Gasteiger partial charge in [0.25, 0.3) is 5.91 Å². The Morgan fingerprint density at radius 1 is 1.19 bits per heavy atom. The second-order valence-corrected chi connectivity index (χ2v) is 6.66. The molecule has 0 aliphatic carbocycles. The summed E-state index contributed by atoms with van der Waals surface area (Å²) in [5.41, 5.74) is 5.32. The Kier molecular flexibility index (Phi) is 6.26. The lowest BCUT2D eigenvalue weighted by Gasteiger charge is -2.27. The summed E-state index contributed by atoms with van der Waals surface area (Å²) in [5, 5.41) is 4.78. The lowest BCUT2D eigenvalue weighted by atomic mass is 10.1. The normalized spacial score (nSPS) is 14.8. The van der Waals surface area contributed by atoms with Crippen LogP contribution in [0, 0.1) is 0 Å². The zero-order chi connectivity index (χ0) is 18.4. The van der Waals surface area contributed by atoms with Crippen molar-refractivity contribution in [1.29, 1.82) is 0 Å². The summed E-state index contributed by atoms with van der Waals surface area (Å²) in [4.78, 5) is 14.8. The number of rotatable bonds is 5. The number of hydrazone groups is 1. The van der Waals surface area contributed by atoms with Crippen LogP contribution in [0.5, 0.6) is 5.75 Å². The quantitative estimate of drug-likeness (QED) is 0.815. The standard InChI is InChI=1S/C20H22ClN3O2/c1-26-19-8-7-16(21)13-18(19)20(25)23-22-17-9-11-24(12-10-17)14-15-5-3-2-4-6-15/h2-8,13H,9-12,14H2,1H3,(H,23,25). The molecule has 3 rings (SSSR count). The van der Waals surface area contributed by atoms with Crippen molar-refractivity contribution in [3.05, 3.63) is 64.7 Å². The van der Waals surface area contributed by atoms with Crippen LogP contribution >= 0.6 is 11.6 Å². The number of nitrogens with one attached hydrogen (secondary N) is 1. The van der Waals surface area contributed by atoms with E-state index in [9.17, 15) is 4.79 Å². The van der Waals surface area contributed by atoms with Crippen LogP contribution in [0.1, 0.15) is 28.8 Å². The van der Waals surface area contributed by atoms with Crippen LogP contribution in [-0.2, 0) is 6.54 Å². The van der Waals surface area contributed by atoms with E-state index in [1.54, 1.807) is 18.2 Å². The number of methoxy groups -OCH3 is 1. The van der Waals surface area contributed by atoms with Gasteiger partial charge in [0.05, 0.1) is 12.7 Å². The first-order valence-corrected chi connectivity index (χ1v) is 8.99. The van der Waals surface area contributed by atoms with E-state index in [2.05, 4.69) is 39.7 Å². The topological polar surface area (TPSA) is 53.9 Å². The lowest BCUT2D eigenvalue weighted by molar-refractivity contribution is 0.0951. The molecule has 1 fully saturated rings. The van der Waals surface area contributed by atoms with Crippen molar-refractivity contribution in [2.45, 2.75) is 19.4 Å². The Morgan fingerprint density at radius 2 is 1.92 bits per heavy atom. The molecule has 1 amide bonds. The lowest BCUT2D eigenvalue weighted by Crippen LogP contribution is -2.34. The van der Waals surface area contributed by atoms with E-state index in [0.717, 1.165) is 38.2 Å². The molecule has 1 saturated heterocycles. The van der Waals surface area contributed by atoms with Gasteiger partial charge in [-0.1, -0.05) is 41.9 Å². The van der Waals surface area contributed by atoms with Crippen LogP contribution in [0.3, 0.4) is 0 Å². The van der Waals surface area contributed by atoms with E-state index in [1.165, 1.54) is 12.7 Å². The maximum absolute atomic E-state index is 12.4. The second-order valence-electron chi connectivity index (χ2n) is 6.23. The molecule has 2 aromatic rings. The molecule has 0 unspecified atom stereocenters. The summed E-state index contributed by atoms with van der Waals surface area (Å²) >= 11 is 5.97. The zero-order valence-electron chi connectivity index (χ0n) is 14.7. The number of likely N-dealkylation sites (tertiary alicyclic amines) is 1. The predicted octanol–water partition coefficient (Wildman–Crippen LogP) is 3.73. The van der Waals surface area contributed by atoms with Gasteiger partial charge in [0, 0.05) is 43.2 Å². The maximum Gasteiger partial charge on any atom is 0.275 e. The Labute approximate surface area is 158 Å². The Hall–Kier alpha value is -2.37. The second kappa shape index (κ2) is 8.83. The summed E-state index contributed by atoms with van der Waals surface area (Å²) in [6, 6.07) is 15.4. The number of nitrogens with zero attached hydrogens (tertiary/aromatic N) is 2. The van der Waals surface area contributed by atoms with Crippen LogP contribution in [0.2, 0.25) is 5.02 Å². The average molecular weight is 372 g/mol. The van der Waals surface area contributed by atoms with Crippen molar-refractivity contribution in [2.24, 2.45) is 5.10 Å². The number of hydrogen-bond acceptors (Lipinski definition) is 4. The van der Waals surface area contributed by atoms with Crippen molar-refractivity contribution >= 4 is 23.2 Å². The number of hydrogen-bond donors (Lipinski definition) is 1. The number of benzene rings is 2. The van der Waals surface area contributed by atoms with Gasteiger partial charge in [-0.15, -0.1) is 0 Å². The first kappa shape index (κ1) is 18.4. The van der Waals surface area contributed by atoms with Gasteiger partial charge in [0.15, 0.2) is 0 Å². The highest BCUT2D eigenvalue weighted by molar-refractivity contribution is 6.31. The monoisotopic (exact) mass is 371 g/mol. The highest BCUT2D eigenvalue weighted by atomic mass is 35.5. The van der Waals surface area contributed by atoms with Crippen LogP contribution in [0.25, 0.3) is 0 Å². The smallest absolute Gasteiger partial charge is 0.275 e. The van der Waals surface area contributed by atoms with Crippen LogP contribution in [0.4, 0.5) is 0 Å². The van der Waals surface area contributed by atoms with Gasteiger partial charge < -0.3 is 4.74 Å². The van der Waals surface area contributed by atoms with Gasteiger partial charge in [-0.2, -0.15) is 5.10 Å². The minimum absolute atomic E-state index is 0.316. The van der Waals surface area contributed by atoms with Crippen LogP contribution < -0.4 is 10.2 Å². The SMILES string of the molecule is COc1ccc(Cl)cc1C(=O)NN=C1CCN(Cc2ccccc2)CC1. The van der Waals surface area contributed by atoms with Gasteiger partial charge in [0.2, 0.25) is 0 Å². The number of carbonyl (C=O) groups excluding carboxylic acids is 1. The highest BCUT2D eigenvalue weighted by Crippen LogP contribution is 2.22. The number of piperidine rings is 1. The van der Waals surface area contributed by atoms with E-state index in [-0.39, 0.29) is 5.91 Å². The van der Waals surface area contributed by atoms with Gasteiger partial charge in [-0.05, 0) is 23.8 Å². The van der Waals surface area contributed by atoms with Gasteiger partial charge >= 0.3 is 0 Å². The fraction of sp³-hybridized carbons (Fsp3) is 0.300. The molecule has 1 N–H and O–H groups in total. The third kappa shape index (κ3) is 4.84. The van der Waals surface area contributed by atoms with Crippen molar-refractivity contribution in [1.82, 2.24) is 10.3 Å². The Bertz CT molecular complexity index is 783. The molecule has 5 nitrogen and oxygen atoms in total. The Morgan fingerprint density at radius 3 is 2.62 bits per heavy atom. The molecule has 136 valence electrons. The summed E-state index contributed by atoms with van der Waals surface area (Å²) in [7, 11) is 1.52. The van der Waals surface area contributed by atoms with E-state index >= 15 is 0 Å². The molecule has 1 aliphatic rings. The molecule has 0 atom stereocenters. The fourth-order valence-electron chi connectivity index (χ4n) is 2.97. The summed E-state index contributed by atoms with van der Waals surface area (Å²) in [5.74, 6) is 0.161. The van der Waals surface area contributed by atoms with Crippen molar-refractivity contribution < 1.29 is 9.53 Å². The minimum atomic E-state index is -0.316. The maximum atomic E-state index is 12.4. The third-order valence-corrected chi connectivity index (χ3v) is 4.64. The molecular formula is C20H22ClN3O2. The van der Waals surface area contributed by atoms with Crippen molar-refractivity contribution in [2.75, 3.05) is 20.2 Å². The van der Waals surface area contributed by atoms with Gasteiger partial charge in [-0.25, -0.2) is 5.43 Å². The average Bonchev–Trinajstić information content (AvgIpc) is 2.68. The number of halogens is 1. The number of carbonyl (C=O) groups is 1. The first-order valence-electron chi connectivity index (χ1n) is 8.61. The zero-order valence-corrected chi connectivity index (χ0v) is 15.5. The van der Waals surface area contributed by atoms with E-state index in [0.29, 0.717) is 16.3 Å². The van der Waals surface area contributed by atoms with Gasteiger partial charge in [0.1, 0.15) is 5.75 Å².